The number of carbonyl (C=O) groups excluding carboxylic acids is 1. The van der Waals surface area contributed by atoms with Gasteiger partial charge in [0.2, 0.25) is 5.95 Å². The van der Waals surface area contributed by atoms with Crippen molar-refractivity contribution in [2.45, 2.75) is 13.1 Å². The molecule has 2 heterocycles. The van der Waals surface area contributed by atoms with Crippen LogP contribution in [0.15, 0.2) is 73.4 Å². The summed E-state index contributed by atoms with van der Waals surface area (Å²) in [6.45, 7) is 1.89. The molecule has 8 nitrogen and oxygen atoms in total. The number of methoxy groups -OCH3 is 1. The second-order valence-electron chi connectivity index (χ2n) is 8.90. The van der Waals surface area contributed by atoms with Crippen LogP contribution in [0.25, 0.3) is 33.2 Å². The molecule has 2 aromatic heterocycles. The second kappa shape index (κ2) is 10.6. The highest BCUT2D eigenvalue weighted by Crippen LogP contribution is 2.44. The molecule has 0 saturated carbocycles. The van der Waals surface area contributed by atoms with Gasteiger partial charge in [0.1, 0.15) is 12.1 Å². The zero-order valence-corrected chi connectivity index (χ0v) is 21.7. The third-order valence-electron chi connectivity index (χ3n) is 6.34. The molecule has 0 radical (unpaired) electrons. The largest absolute Gasteiger partial charge is 0.495 e. The molecule has 0 spiro atoms. The van der Waals surface area contributed by atoms with Gasteiger partial charge in [0, 0.05) is 53.4 Å². The highest BCUT2D eigenvalue weighted by atomic mass is 19.4. The van der Waals surface area contributed by atoms with E-state index in [1.165, 1.54) is 25.6 Å². The van der Waals surface area contributed by atoms with Crippen molar-refractivity contribution in [2.24, 2.45) is 0 Å². The molecule has 0 fully saturated rings. The van der Waals surface area contributed by atoms with Crippen LogP contribution in [0, 0.1) is 6.92 Å². The van der Waals surface area contributed by atoms with Gasteiger partial charge in [-0.15, -0.1) is 0 Å². The summed E-state index contributed by atoms with van der Waals surface area (Å²) in [4.78, 5) is 30.4. The average molecular weight is 545 g/mol. The molecule has 0 aliphatic heterocycles. The summed E-state index contributed by atoms with van der Waals surface area (Å²) in [5.74, 6) is 0.352. The van der Waals surface area contributed by atoms with Crippen molar-refractivity contribution < 1.29 is 22.7 Å². The van der Waals surface area contributed by atoms with Gasteiger partial charge in [-0.3, -0.25) is 4.79 Å². The van der Waals surface area contributed by atoms with E-state index in [1.54, 1.807) is 43.8 Å². The molecule has 0 bridgehead atoms. The Morgan fingerprint density at radius 2 is 1.75 bits per heavy atom. The zero-order valence-electron chi connectivity index (χ0n) is 21.7. The van der Waals surface area contributed by atoms with E-state index in [0.29, 0.717) is 44.9 Å². The van der Waals surface area contributed by atoms with Gasteiger partial charge in [0.05, 0.1) is 23.8 Å². The number of aryl methyl sites for hydroxylation is 1. The standard InChI is InChI=1S/C29H23F3N6O2/c1-16-7-8-17(27(39)37-21-6-4-5-20(11-21)29(30,31)32)9-22(16)23-10-18-14-36-28(33-2)38-25(18)24(26(23)40-3)19-12-34-15-35-13-19/h4-15H,1-3H3,(H,37,39)(H,33,36,38). The molecule has 0 aliphatic carbocycles. The van der Waals surface area contributed by atoms with E-state index in [4.69, 9.17) is 4.74 Å². The molecule has 0 atom stereocenters. The highest BCUT2D eigenvalue weighted by Gasteiger charge is 2.30. The van der Waals surface area contributed by atoms with Gasteiger partial charge < -0.3 is 15.4 Å². The van der Waals surface area contributed by atoms with Crippen LogP contribution < -0.4 is 15.4 Å². The predicted octanol–water partition coefficient (Wildman–Crippen LogP) is 6.38. The fourth-order valence-electron chi connectivity index (χ4n) is 4.42. The first-order chi connectivity index (χ1) is 19.2. The molecule has 1 amide bonds. The van der Waals surface area contributed by atoms with E-state index in [2.05, 4.69) is 30.6 Å². The summed E-state index contributed by atoms with van der Waals surface area (Å²) in [6.07, 6.45) is 1.89. The molecule has 0 saturated heterocycles. The lowest BCUT2D eigenvalue weighted by Gasteiger charge is -2.18. The van der Waals surface area contributed by atoms with Crippen LogP contribution >= 0.6 is 0 Å². The van der Waals surface area contributed by atoms with Crippen LogP contribution in [-0.2, 0) is 6.18 Å². The topological polar surface area (TPSA) is 102 Å². The van der Waals surface area contributed by atoms with Crippen LogP contribution in [0.1, 0.15) is 21.5 Å². The first kappa shape index (κ1) is 26.5. The highest BCUT2D eigenvalue weighted by molar-refractivity contribution is 6.06. The molecule has 2 N–H and O–H groups in total. The van der Waals surface area contributed by atoms with E-state index >= 15 is 0 Å². The molecule has 202 valence electrons. The molecule has 0 aliphatic rings. The minimum absolute atomic E-state index is 0.0362. The van der Waals surface area contributed by atoms with Crippen molar-refractivity contribution in [3.05, 3.63) is 90.1 Å². The average Bonchev–Trinajstić information content (AvgIpc) is 2.96. The van der Waals surface area contributed by atoms with Crippen molar-refractivity contribution >= 4 is 28.4 Å². The maximum absolute atomic E-state index is 13.1. The summed E-state index contributed by atoms with van der Waals surface area (Å²) >= 11 is 0. The lowest BCUT2D eigenvalue weighted by atomic mass is 9.92. The molecule has 40 heavy (non-hydrogen) atoms. The molecule has 3 aromatic carbocycles. The minimum Gasteiger partial charge on any atom is -0.495 e. The molecule has 0 unspecified atom stereocenters. The number of amides is 1. The molecule has 11 heteroatoms. The first-order valence-corrected chi connectivity index (χ1v) is 12.1. The Kier molecular flexibility index (Phi) is 7.03. The molecular weight excluding hydrogens is 521 g/mol. The summed E-state index contributed by atoms with van der Waals surface area (Å²) in [7, 11) is 3.26. The monoisotopic (exact) mass is 544 g/mol. The van der Waals surface area contributed by atoms with E-state index in [-0.39, 0.29) is 11.3 Å². The van der Waals surface area contributed by atoms with Crippen LogP contribution in [0.3, 0.4) is 0 Å². The maximum Gasteiger partial charge on any atom is 0.416 e. The predicted molar refractivity (Wildman–Crippen MR) is 146 cm³/mol. The van der Waals surface area contributed by atoms with Crippen molar-refractivity contribution in [1.82, 2.24) is 19.9 Å². The number of nitrogens with zero attached hydrogens (tertiary/aromatic N) is 4. The van der Waals surface area contributed by atoms with Crippen molar-refractivity contribution in [2.75, 3.05) is 24.8 Å². The number of rotatable bonds is 6. The number of ether oxygens (including phenoxy) is 1. The Balaban J connectivity index is 1.64. The third kappa shape index (κ3) is 5.13. The lowest BCUT2D eigenvalue weighted by molar-refractivity contribution is -0.137. The number of aromatic nitrogens is 4. The number of carbonyl (C=O) groups is 1. The quantitative estimate of drug-likeness (QED) is 0.256. The van der Waals surface area contributed by atoms with Gasteiger partial charge in [0.25, 0.3) is 5.91 Å². The zero-order chi connectivity index (χ0) is 28.4. The number of nitrogens with one attached hydrogen (secondary N) is 2. The Bertz CT molecular complexity index is 1730. The minimum atomic E-state index is -4.52. The van der Waals surface area contributed by atoms with Crippen molar-refractivity contribution in [3.63, 3.8) is 0 Å². The third-order valence-corrected chi connectivity index (χ3v) is 6.34. The Labute approximate surface area is 227 Å². The number of benzene rings is 3. The van der Waals surface area contributed by atoms with Gasteiger partial charge in [-0.2, -0.15) is 13.2 Å². The van der Waals surface area contributed by atoms with Gasteiger partial charge in [-0.25, -0.2) is 19.9 Å². The van der Waals surface area contributed by atoms with Crippen LogP contribution in [0.4, 0.5) is 24.8 Å². The molecule has 5 rings (SSSR count). The van der Waals surface area contributed by atoms with E-state index < -0.39 is 17.6 Å². The van der Waals surface area contributed by atoms with Gasteiger partial charge >= 0.3 is 6.18 Å². The smallest absolute Gasteiger partial charge is 0.416 e. The fourth-order valence-corrected chi connectivity index (χ4v) is 4.42. The number of hydrogen-bond acceptors (Lipinski definition) is 7. The van der Waals surface area contributed by atoms with Crippen LogP contribution in [-0.4, -0.2) is 40.0 Å². The van der Waals surface area contributed by atoms with Gasteiger partial charge in [0.15, 0.2) is 0 Å². The molecular formula is C29H23F3N6O2. The summed E-state index contributed by atoms with van der Waals surface area (Å²) in [5, 5.41) is 6.22. The normalized spacial score (nSPS) is 11.3. The number of alkyl halides is 3. The second-order valence-corrected chi connectivity index (χ2v) is 8.90. The van der Waals surface area contributed by atoms with Gasteiger partial charge in [-0.1, -0.05) is 12.1 Å². The number of anilines is 2. The maximum atomic E-state index is 13.1. The van der Waals surface area contributed by atoms with Crippen molar-refractivity contribution in [1.29, 1.82) is 0 Å². The van der Waals surface area contributed by atoms with Crippen molar-refractivity contribution in [3.8, 4) is 28.0 Å². The SMILES string of the molecule is CNc1ncc2cc(-c3cc(C(=O)Nc4cccc(C(F)(F)F)c4)ccc3C)c(OC)c(-c3cncnc3)c2n1. The summed E-state index contributed by atoms with van der Waals surface area (Å²) in [6, 6.07) is 11.4. The number of halogens is 3. The van der Waals surface area contributed by atoms with E-state index in [1.807, 2.05) is 13.0 Å². The lowest BCUT2D eigenvalue weighted by Crippen LogP contribution is -2.13. The Morgan fingerprint density at radius 1 is 0.975 bits per heavy atom. The van der Waals surface area contributed by atoms with E-state index in [9.17, 15) is 18.0 Å². The molecule has 5 aromatic rings. The van der Waals surface area contributed by atoms with Crippen LogP contribution in [0.5, 0.6) is 5.75 Å². The summed E-state index contributed by atoms with van der Waals surface area (Å²) in [5.41, 5.74) is 3.57. The summed E-state index contributed by atoms with van der Waals surface area (Å²) < 4.78 is 45.4. The van der Waals surface area contributed by atoms with Crippen LogP contribution in [0.2, 0.25) is 0 Å². The fraction of sp³-hybridized carbons (Fsp3) is 0.138. The van der Waals surface area contributed by atoms with Gasteiger partial charge in [-0.05, 0) is 54.4 Å². The number of fused-ring (bicyclic) bond motifs is 1. The Morgan fingerprint density at radius 3 is 2.45 bits per heavy atom. The Hall–Kier alpha value is -5.06. The van der Waals surface area contributed by atoms with E-state index in [0.717, 1.165) is 17.7 Å². The number of hydrogen-bond donors (Lipinski definition) is 2. The first-order valence-electron chi connectivity index (χ1n) is 12.1.